The second-order valence-electron chi connectivity index (χ2n) is 4.46. The van der Waals surface area contributed by atoms with Crippen LogP contribution in [0.1, 0.15) is 12.8 Å². The molecular formula is C12H20N4O. The number of anilines is 1. The molecule has 0 saturated carbocycles. The minimum Gasteiger partial charge on any atom is -0.369 e. The Bertz CT molecular complexity index is 325. The van der Waals surface area contributed by atoms with E-state index >= 15 is 0 Å². The lowest BCUT2D eigenvalue weighted by molar-refractivity contribution is 0.0453. The third-order valence-electron chi connectivity index (χ3n) is 3.31. The second kappa shape index (κ2) is 5.93. The number of hydrogen-bond donors (Lipinski definition) is 0. The van der Waals surface area contributed by atoms with Gasteiger partial charge in [-0.25, -0.2) is 9.97 Å². The summed E-state index contributed by atoms with van der Waals surface area (Å²) in [4.78, 5) is 12.8. The van der Waals surface area contributed by atoms with Crippen LogP contribution in [-0.2, 0) is 4.74 Å². The molecule has 0 aromatic carbocycles. The minimum atomic E-state index is 0.619. The number of hydrogen-bond acceptors (Lipinski definition) is 5. The van der Waals surface area contributed by atoms with Crippen molar-refractivity contribution in [2.24, 2.45) is 0 Å². The first-order chi connectivity index (χ1) is 8.31. The highest BCUT2D eigenvalue weighted by Crippen LogP contribution is 2.19. The Morgan fingerprint density at radius 3 is 2.82 bits per heavy atom. The fraction of sp³-hybridized carbons (Fsp3) is 0.667. The molecule has 0 N–H and O–H groups in total. The Kier molecular flexibility index (Phi) is 4.28. The van der Waals surface area contributed by atoms with Crippen LogP contribution in [0.3, 0.4) is 0 Å². The fourth-order valence-electron chi connectivity index (χ4n) is 2.32. The van der Waals surface area contributed by atoms with Gasteiger partial charge >= 0.3 is 0 Å². The zero-order valence-corrected chi connectivity index (χ0v) is 10.5. The Hall–Kier alpha value is -1.20. The van der Waals surface area contributed by atoms with Gasteiger partial charge in [0, 0.05) is 32.4 Å². The summed E-state index contributed by atoms with van der Waals surface area (Å²) in [6.07, 6.45) is 5.72. The zero-order chi connectivity index (χ0) is 12.1. The van der Waals surface area contributed by atoms with Crippen molar-refractivity contribution < 1.29 is 4.74 Å². The van der Waals surface area contributed by atoms with E-state index in [1.165, 1.54) is 0 Å². The topological polar surface area (TPSA) is 41.5 Å². The molecule has 0 amide bonds. The molecule has 0 unspecified atom stereocenters. The fourth-order valence-corrected chi connectivity index (χ4v) is 2.32. The average Bonchev–Trinajstić information content (AvgIpc) is 2.40. The molecule has 0 bridgehead atoms. The molecule has 94 valence electrons. The van der Waals surface area contributed by atoms with Crippen molar-refractivity contribution in [1.82, 2.24) is 14.9 Å². The average molecular weight is 236 g/mol. The molecule has 17 heavy (non-hydrogen) atoms. The first-order valence-corrected chi connectivity index (χ1v) is 6.01. The minimum absolute atomic E-state index is 0.619. The summed E-state index contributed by atoms with van der Waals surface area (Å²) in [7, 11) is 3.86. The highest BCUT2D eigenvalue weighted by atomic mass is 16.5. The maximum absolute atomic E-state index is 5.16. The van der Waals surface area contributed by atoms with Crippen LogP contribution in [0, 0.1) is 0 Å². The largest absolute Gasteiger partial charge is 0.369 e. The first kappa shape index (κ1) is 12.3. The summed E-state index contributed by atoms with van der Waals surface area (Å²) in [6.45, 7) is 2.81. The van der Waals surface area contributed by atoms with Crippen LogP contribution < -0.4 is 4.90 Å². The van der Waals surface area contributed by atoms with Gasteiger partial charge in [-0.3, -0.25) is 4.90 Å². The summed E-state index contributed by atoms with van der Waals surface area (Å²) in [5.74, 6) is 1.04. The molecule has 5 heteroatoms. The van der Waals surface area contributed by atoms with E-state index in [0.29, 0.717) is 12.8 Å². The van der Waals surface area contributed by atoms with Crippen LogP contribution in [0.4, 0.5) is 5.82 Å². The second-order valence-corrected chi connectivity index (χ2v) is 4.46. The van der Waals surface area contributed by atoms with Gasteiger partial charge in [0.2, 0.25) is 0 Å². The SMILES string of the molecule is COCN(C)C1CCN(c2ccncn2)CC1. The normalized spacial score (nSPS) is 17.7. The van der Waals surface area contributed by atoms with Gasteiger partial charge in [0.1, 0.15) is 12.1 Å². The number of methoxy groups -OCH3 is 1. The molecule has 1 aromatic heterocycles. The molecule has 0 radical (unpaired) electrons. The van der Waals surface area contributed by atoms with Crippen molar-refractivity contribution in [3.8, 4) is 0 Å². The van der Waals surface area contributed by atoms with E-state index in [4.69, 9.17) is 4.74 Å². The van der Waals surface area contributed by atoms with E-state index in [1.54, 1.807) is 19.6 Å². The smallest absolute Gasteiger partial charge is 0.131 e. The van der Waals surface area contributed by atoms with Crippen LogP contribution in [0.2, 0.25) is 0 Å². The summed E-state index contributed by atoms with van der Waals surface area (Å²) < 4.78 is 5.16. The van der Waals surface area contributed by atoms with E-state index in [2.05, 4.69) is 26.8 Å². The van der Waals surface area contributed by atoms with Crippen LogP contribution in [-0.4, -0.2) is 54.9 Å². The Morgan fingerprint density at radius 2 is 2.24 bits per heavy atom. The molecule has 1 aliphatic rings. The molecule has 2 rings (SSSR count). The highest BCUT2D eigenvalue weighted by molar-refractivity contribution is 5.36. The molecule has 1 saturated heterocycles. The predicted octanol–water partition coefficient (Wildman–Crippen LogP) is 0.981. The quantitative estimate of drug-likeness (QED) is 0.729. The molecule has 0 aliphatic carbocycles. The van der Waals surface area contributed by atoms with E-state index < -0.39 is 0 Å². The Morgan fingerprint density at radius 1 is 1.47 bits per heavy atom. The molecule has 0 atom stereocenters. The third kappa shape index (κ3) is 3.14. The van der Waals surface area contributed by atoms with E-state index in [1.807, 2.05) is 6.07 Å². The standard InChI is InChI=1S/C12H20N4O/c1-15(10-17-2)11-4-7-16(8-5-11)12-3-6-13-9-14-12/h3,6,9,11H,4-5,7-8,10H2,1-2H3. The first-order valence-electron chi connectivity index (χ1n) is 6.01. The number of aromatic nitrogens is 2. The number of rotatable bonds is 4. The van der Waals surface area contributed by atoms with Gasteiger partial charge in [0.25, 0.3) is 0 Å². The molecule has 2 heterocycles. The summed E-state index contributed by atoms with van der Waals surface area (Å²) >= 11 is 0. The van der Waals surface area contributed by atoms with Gasteiger partial charge in [-0.15, -0.1) is 0 Å². The Balaban J connectivity index is 1.86. The zero-order valence-electron chi connectivity index (χ0n) is 10.5. The van der Waals surface area contributed by atoms with Gasteiger partial charge in [-0.2, -0.15) is 0 Å². The van der Waals surface area contributed by atoms with Crippen LogP contribution >= 0.6 is 0 Å². The van der Waals surface area contributed by atoms with E-state index in [0.717, 1.165) is 31.7 Å². The maximum Gasteiger partial charge on any atom is 0.131 e. The number of nitrogens with zero attached hydrogens (tertiary/aromatic N) is 4. The van der Waals surface area contributed by atoms with Crippen molar-refractivity contribution >= 4 is 5.82 Å². The number of piperidine rings is 1. The highest BCUT2D eigenvalue weighted by Gasteiger charge is 2.22. The van der Waals surface area contributed by atoms with Crippen molar-refractivity contribution in [2.45, 2.75) is 18.9 Å². The molecule has 0 spiro atoms. The summed E-state index contributed by atoms with van der Waals surface area (Å²) in [5, 5.41) is 0. The van der Waals surface area contributed by atoms with Gasteiger partial charge in [-0.05, 0) is 26.0 Å². The molecule has 1 aliphatic heterocycles. The summed E-state index contributed by atoms with van der Waals surface area (Å²) in [6, 6.07) is 2.59. The lowest BCUT2D eigenvalue weighted by Gasteiger charge is -2.36. The number of ether oxygens (including phenoxy) is 1. The molecule has 1 fully saturated rings. The van der Waals surface area contributed by atoms with Crippen molar-refractivity contribution in [2.75, 3.05) is 38.9 Å². The van der Waals surface area contributed by atoms with Gasteiger partial charge in [0.15, 0.2) is 0 Å². The maximum atomic E-state index is 5.16. The van der Waals surface area contributed by atoms with Crippen molar-refractivity contribution in [3.05, 3.63) is 18.6 Å². The van der Waals surface area contributed by atoms with Gasteiger partial charge < -0.3 is 9.64 Å². The lowest BCUT2D eigenvalue weighted by Crippen LogP contribution is -2.44. The van der Waals surface area contributed by atoms with Gasteiger partial charge in [-0.1, -0.05) is 0 Å². The van der Waals surface area contributed by atoms with Crippen LogP contribution in [0.15, 0.2) is 18.6 Å². The van der Waals surface area contributed by atoms with E-state index in [9.17, 15) is 0 Å². The lowest BCUT2D eigenvalue weighted by atomic mass is 10.0. The van der Waals surface area contributed by atoms with Gasteiger partial charge in [0.05, 0.1) is 6.73 Å². The molecule has 1 aromatic rings. The predicted molar refractivity (Wildman–Crippen MR) is 66.9 cm³/mol. The molecular weight excluding hydrogens is 216 g/mol. The van der Waals surface area contributed by atoms with Crippen molar-refractivity contribution in [1.29, 1.82) is 0 Å². The summed E-state index contributed by atoms with van der Waals surface area (Å²) in [5.41, 5.74) is 0. The molecule has 5 nitrogen and oxygen atoms in total. The monoisotopic (exact) mass is 236 g/mol. The van der Waals surface area contributed by atoms with Crippen LogP contribution in [0.5, 0.6) is 0 Å². The third-order valence-corrected chi connectivity index (χ3v) is 3.31. The van der Waals surface area contributed by atoms with E-state index in [-0.39, 0.29) is 0 Å². The Labute approximate surface area is 102 Å². The van der Waals surface area contributed by atoms with Crippen LogP contribution in [0.25, 0.3) is 0 Å². The van der Waals surface area contributed by atoms with Crippen molar-refractivity contribution in [3.63, 3.8) is 0 Å².